The molecule has 0 aromatic heterocycles. The first-order valence-electron chi connectivity index (χ1n) is 10.2. The Kier molecular flexibility index (Phi) is 5.95. The molecule has 0 spiro atoms. The number of benzene rings is 3. The number of ether oxygens (including phenoxy) is 1. The standard InChI is InChI=1S/C24H24N2O4S/c1-2-30-23-15-9-8-14-22(23)26(31(28,29)20-11-4-3-5-12-20)18-24(27)25-17-16-19-10-6-7-13-21(19)25/h3-15H,2,16-18H2,1H3. The lowest BCUT2D eigenvalue weighted by Gasteiger charge is -2.28. The number of fused-ring (bicyclic) bond motifs is 1. The molecule has 3 aromatic rings. The zero-order valence-electron chi connectivity index (χ0n) is 17.3. The van der Waals surface area contributed by atoms with E-state index in [1.807, 2.05) is 31.2 Å². The van der Waals surface area contributed by atoms with Gasteiger partial charge in [0.2, 0.25) is 5.91 Å². The Balaban J connectivity index is 1.74. The summed E-state index contributed by atoms with van der Waals surface area (Å²) >= 11 is 0. The molecular formula is C24H24N2O4S. The van der Waals surface area contributed by atoms with Gasteiger partial charge in [-0.15, -0.1) is 0 Å². The molecule has 7 heteroatoms. The smallest absolute Gasteiger partial charge is 0.264 e. The molecule has 1 aliphatic rings. The van der Waals surface area contributed by atoms with Crippen molar-refractivity contribution in [3.05, 3.63) is 84.4 Å². The van der Waals surface area contributed by atoms with Gasteiger partial charge in [-0.1, -0.05) is 48.5 Å². The van der Waals surface area contributed by atoms with Crippen molar-refractivity contribution in [2.45, 2.75) is 18.2 Å². The molecule has 160 valence electrons. The second kappa shape index (κ2) is 8.81. The molecule has 0 atom stereocenters. The van der Waals surface area contributed by atoms with E-state index < -0.39 is 10.0 Å². The van der Waals surface area contributed by atoms with Crippen LogP contribution in [0.2, 0.25) is 0 Å². The summed E-state index contributed by atoms with van der Waals surface area (Å²) < 4.78 is 34.0. The average Bonchev–Trinajstić information content (AvgIpc) is 3.23. The Labute approximate surface area is 182 Å². The van der Waals surface area contributed by atoms with E-state index in [9.17, 15) is 13.2 Å². The van der Waals surface area contributed by atoms with Gasteiger partial charge in [-0.05, 0) is 49.2 Å². The summed E-state index contributed by atoms with van der Waals surface area (Å²) in [5, 5.41) is 0. The van der Waals surface area contributed by atoms with Gasteiger partial charge in [-0.25, -0.2) is 8.42 Å². The van der Waals surface area contributed by atoms with Gasteiger partial charge in [-0.3, -0.25) is 9.10 Å². The lowest BCUT2D eigenvalue weighted by Crippen LogP contribution is -2.42. The molecular weight excluding hydrogens is 412 g/mol. The van der Waals surface area contributed by atoms with Crippen molar-refractivity contribution in [1.29, 1.82) is 0 Å². The second-order valence-corrected chi connectivity index (χ2v) is 9.01. The summed E-state index contributed by atoms with van der Waals surface area (Å²) in [6, 6.07) is 22.7. The molecule has 0 saturated carbocycles. The number of nitrogens with zero attached hydrogens (tertiary/aromatic N) is 2. The number of hydrogen-bond donors (Lipinski definition) is 0. The van der Waals surface area contributed by atoms with E-state index in [4.69, 9.17) is 4.74 Å². The van der Waals surface area contributed by atoms with Crippen LogP contribution in [0, 0.1) is 0 Å². The van der Waals surface area contributed by atoms with E-state index in [-0.39, 0.29) is 17.3 Å². The van der Waals surface area contributed by atoms with Gasteiger partial charge in [0.05, 0.1) is 17.2 Å². The minimum atomic E-state index is -3.99. The Morgan fingerprint density at radius 3 is 2.42 bits per heavy atom. The highest BCUT2D eigenvalue weighted by Crippen LogP contribution is 2.34. The van der Waals surface area contributed by atoms with Crippen molar-refractivity contribution >= 4 is 27.3 Å². The Hall–Kier alpha value is -3.32. The summed E-state index contributed by atoms with van der Waals surface area (Å²) in [5.41, 5.74) is 2.26. The first kappa shape index (κ1) is 20.9. The third-order valence-electron chi connectivity index (χ3n) is 5.23. The highest BCUT2D eigenvalue weighted by molar-refractivity contribution is 7.92. The Bertz CT molecular complexity index is 1180. The van der Waals surface area contributed by atoms with Crippen LogP contribution in [0.25, 0.3) is 0 Å². The van der Waals surface area contributed by atoms with Crippen LogP contribution in [0.4, 0.5) is 11.4 Å². The lowest BCUT2D eigenvalue weighted by molar-refractivity contribution is -0.117. The summed E-state index contributed by atoms with van der Waals surface area (Å²) in [6.45, 7) is 2.42. The summed E-state index contributed by atoms with van der Waals surface area (Å²) in [5.74, 6) is 0.134. The number of carbonyl (C=O) groups excluding carboxylic acids is 1. The van der Waals surface area contributed by atoms with Crippen LogP contribution in [0.5, 0.6) is 5.75 Å². The van der Waals surface area contributed by atoms with Gasteiger partial charge < -0.3 is 9.64 Å². The monoisotopic (exact) mass is 436 g/mol. The van der Waals surface area contributed by atoms with Gasteiger partial charge in [0.1, 0.15) is 12.3 Å². The summed E-state index contributed by atoms with van der Waals surface area (Å²) in [7, 11) is -3.99. The SMILES string of the molecule is CCOc1ccccc1N(CC(=O)N1CCc2ccccc21)S(=O)(=O)c1ccccc1. The maximum atomic E-state index is 13.6. The minimum Gasteiger partial charge on any atom is -0.492 e. The molecule has 0 bridgehead atoms. The van der Waals surface area contributed by atoms with Gasteiger partial charge in [0, 0.05) is 12.2 Å². The minimum absolute atomic E-state index is 0.121. The zero-order chi connectivity index (χ0) is 21.8. The summed E-state index contributed by atoms with van der Waals surface area (Å²) in [4.78, 5) is 15.1. The van der Waals surface area contributed by atoms with Gasteiger partial charge >= 0.3 is 0 Å². The van der Waals surface area contributed by atoms with Crippen molar-refractivity contribution in [3.63, 3.8) is 0 Å². The van der Waals surface area contributed by atoms with Crippen LogP contribution in [0.3, 0.4) is 0 Å². The average molecular weight is 437 g/mol. The van der Waals surface area contributed by atoms with E-state index in [2.05, 4.69) is 0 Å². The third kappa shape index (κ3) is 4.14. The molecule has 0 aliphatic carbocycles. The topological polar surface area (TPSA) is 66.9 Å². The number of amides is 1. The fraction of sp³-hybridized carbons (Fsp3) is 0.208. The normalized spacial score (nSPS) is 13.0. The maximum absolute atomic E-state index is 13.6. The number of sulfonamides is 1. The van der Waals surface area contributed by atoms with Crippen LogP contribution in [0.1, 0.15) is 12.5 Å². The molecule has 1 aliphatic heterocycles. The van der Waals surface area contributed by atoms with Gasteiger partial charge in [0.25, 0.3) is 10.0 Å². The van der Waals surface area contributed by atoms with Crippen molar-refractivity contribution in [2.24, 2.45) is 0 Å². The fourth-order valence-electron chi connectivity index (χ4n) is 3.77. The molecule has 0 radical (unpaired) electrons. The third-order valence-corrected chi connectivity index (χ3v) is 7.01. The van der Waals surface area contributed by atoms with Crippen molar-refractivity contribution < 1.29 is 17.9 Å². The van der Waals surface area contributed by atoms with Crippen LogP contribution in [-0.2, 0) is 21.2 Å². The Morgan fingerprint density at radius 2 is 1.65 bits per heavy atom. The highest BCUT2D eigenvalue weighted by atomic mass is 32.2. The number of para-hydroxylation sites is 3. The van der Waals surface area contributed by atoms with E-state index in [0.29, 0.717) is 24.6 Å². The van der Waals surface area contributed by atoms with Crippen molar-refractivity contribution in [2.75, 3.05) is 28.9 Å². The molecule has 4 rings (SSSR count). The predicted molar refractivity (Wildman–Crippen MR) is 121 cm³/mol. The highest BCUT2D eigenvalue weighted by Gasteiger charge is 2.32. The maximum Gasteiger partial charge on any atom is 0.264 e. The lowest BCUT2D eigenvalue weighted by atomic mass is 10.2. The zero-order valence-corrected chi connectivity index (χ0v) is 18.1. The molecule has 1 heterocycles. The van der Waals surface area contributed by atoms with E-state index in [1.54, 1.807) is 47.4 Å². The fourth-order valence-corrected chi connectivity index (χ4v) is 5.21. The van der Waals surface area contributed by atoms with Gasteiger partial charge in [0.15, 0.2) is 0 Å². The number of hydrogen-bond acceptors (Lipinski definition) is 4. The number of anilines is 2. The molecule has 1 amide bonds. The van der Waals surface area contributed by atoms with E-state index >= 15 is 0 Å². The number of rotatable bonds is 7. The predicted octanol–water partition coefficient (Wildman–Crippen LogP) is 3.87. The second-order valence-electron chi connectivity index (χ2n) is 7.15. The molecule has 31 heavy (non-hydrogen) atoms. The first-order valence-corrected chi connectivity index (χ1v) is 11.6. The summed E-state index contributed by atoms with van der Waals surface area (Å²) in [6.07, 6.45) is 0.753. The first-order chi connectivity index (χ1) is 15.0. The molecule has 0 saturated heterocycles. The molecule has 0 N–H and O–H groups in total. The van der Waals surface area contributed by atoms with Crippen molar-refractivity contribution in [1.82, 2.24) is 0 Å². The largest absolute Gasteiger partial charge is 0.492 e. The van der Waals surface area contributed by atoms with Crippen LogP contribution in [-0.4, -0.2) is 34.0 Å². The molecule has 0 fully saturated rings. The van der Waals surface area contributed by atoms with Crippen LogP contribution < -0.4 is 13.9 Å². The van der Waals surface area contributed by atoms with Gasteiger partial charge in [-0.2, -0.15) is 0 Å². The quantitative estimate of drug-likeness (QED) is 0.564. The van der Waals surface area contributed by atoms with E-state index in [0.717, 1.165) is 22.0 Å². The molecule has 0 unspecified atom stereocenters. The molecule has 3 aromatic carbocycles. The molecule has 6 nitrogen and oxygen atoms in total. The Morgan fingerprint density at radius 1 is 0.968 bits per heavy atom. The van der Waals surface area contributed by atoms with Crippen LogP contribution in [0.15, 0.2) is 83.8 Å². The van der Waals surface area contributed by atoms with E-state index in [1.165, 1.54) is 12.1 Å². The number of carbonyl (C=O) groups is 1. The van der Waals surface area contributed by atoms with Crippen LogP contribution >= 0.6 is 0 Å². The van der Waals surface area contributed by atoms with Crippen molar-refractivity contribution in [3.8, 4) is 5.75 Å².